The molecule has 0 saturated carbocycles. The normalized spacial score (nSPS) is 15.6. The zero-order valence-electron chi connectivity index (χ0n) is 17.0. The van der Waals surface area contributed by atoms with Crippen LogP contribution in [-0.2, 0) is 17.6 Å². The van der Waals surface area contributed by atoms with E-state index in [-0.39, 0.29) is 17.2 Å². The molecule has 7 nitrogen and oxygen atoms in total. The number of carbonyl (C=O) groups excluding carboxylic acids is 1. The van der Waals surface area contributed by atoms with E-state index in [1.54, 1.807) is 43.8 Å². The Morgan fingerprint density at radius 2 is 2.13 bits per heavy atom. The van der Waals surface area contributed by atoms with Gasteiger partial charge in [-0.05, 0) is 42.9 Å². The van der Waals surface area contributed by atoms with Gasteiger partial charge in [0.1, 0.15) is 4.83 Å². The van der Waals surface area contributed by atoms with Crippen molar-refractivity contribution in [2.24, 2.45) is 5.92 Å². The van der Waals surface area contributed by atoms with E-state index in [1.165, 1.54) is 16.6 Å². The van der Waals surface area contributed by atoms with E-state index >= 15 is 0 Å². The summed E-state index contributed by atoms with van der Waals surface area (Å²) in [6, 6.07) is 5.17. The molecule has 158 valence electrons. The smallest absolute Gasteiger partial charge is 0.260 e. The molecule has 0 unspecified atom stereocenters. The summed E-state index contributed by atoms with van der Waals surface area (Å²) in [5, 5.41) is 4.01. The molecular weight excluding hydrogens is 422 g/mol. The van der Waals surface area contributed by atoms with Crippen LogP contribution in [0.4, 0.5) is 5.69 Å². The number of amides is 1. The summed E-state index contributed by atoms with van der Waals surface area (Å²) in [5.74, 6) is 1.70. The number of carbonyl (C=O) groups is 1. The van der Waals surface area contributed by atoms with Crippen LogP contribution in [0.1, 0.15) is 23.8 Å². The van der Waals surface area contributed by atoms with Crippen LogP contribution >= 0.6 is 23.1 Å². The van der Waals surface area contributed by atoms with E-state index in [9.17, 15) is 9.59 Å². The standard InChI is InChI=1S/C21H23N3O4S2/c1-11-4-6-13-16(8-11)30-20-18(13)19(26)23-21(24-20)29-10-17(25)22-12-5-7-14(27-2)15(9-12)28-3/h5,7,9,11H,4,6,8,10H2,1-3H3,(H,22,25)(H,23,24,26)/t11-/m1/s1. The average molecular weight is 446 g/mol. The van der Waals surface area contributed by atoms with Gasteiger partial charge in [0.2, 0.25) is 5.91 Å². The molecule has 1 aliphatic carbocycles. The number of fused-ring (bicyclic) bond motifs is 3. The number of aromatic amines is 1. The Hall–Kier alpha value is -2.52. The lowest BCUT2D eigenvalue weighted by Crippen LogP contribution is -2.16. The van der Waals surface area contributed by atoms with Crippen molar-refractivity contribution in [3.63, 3.8) is 0 Å². The summed E-state index contributed by atoms with van der Waals surface area (Å²) in [6.45, 7) is 2.24. The molecule has 0 radical (unpaired) electrons. The number of H-pyrrole nitrogens is 1. The summed E-state index contributed by atoms with van der Waals surface area (Å²) in [6.07, 6.45) is 3.04. The molecule has 30 heavy (non-hydrogen) atoms. The highest BCUT2D eigenvalue weighted by molar-refractivity contribution is 7.99. The number of rotatable bonds is 6. The van der Waals surface area contributed by atoms with E-state index in [0.717, 1.165) is 35.0 Å². The van der Waals surface area contributed by atoms with Gasteiger partial charge in [-0.15, -0.1) is 11.3 Å². The first-order valence-electron chi connectivity index (χ1n) is 9.67. The van der Waals surface area contributed by atoms with Crippen LogP contribution in [0, 0.1) is 5.92 Å². The third-order valence-electron chi connectivity index (χ3n) is 5.15. The Kier molecular flexibility index (Phi) is 6.01. The largest absolute Gasteiger partial charge is 0.493 e. The quantitative estimate of drug-likeness (QED) is 0.442. The number of thioether (sulfide) groups is 1. The number of nitrogens with one attached hydrogen (secondary N) is 2. The minimum atomic E-state index is -0.200. The molecule has 1 atom stereocenters. The van der Waals surface area contributed by atoms with Crippen molar-refractivity contribution in [1.82, 2.24) is 9.97 Å². The Morgan fingerprint density at radius 1 is 1.33 bits per heavy atom. The van der Waals surface area contributed by atoms with Crippen LogP contribution in [0.25, 0.3) is 10.2 Å². The predicted octanol–water partition coefficient (Wildman–Crippen LogP) is 3.86. The number of methoxy groups -OCH3 is 2. The van der Waals surface area contributed by atoms with Crippen molar-refractivity contribution in [1.29, 1.82) is 0 Å². The van der Waals surface area contributed by atoms with Gasteiger partial charge in [0.25, 0.3) is 5.56 Å². The van der Waals surface area contributed by atoms with Crippen LogP contribution < -0.4 is 20.3 Å². The molecule has 1 aromatic carbocycles. The average Bonchev–Trinajstić information content (AvgIpc) is 3.09. The Balaban J connectivity index is 1.46. The van der Waals surface area contributed by atoms with E-state index in [1.807, 2.05) is 0 Å². The maximum Gasteiger partial charge on any atom is 0.260 e. The van der Waals surface area contributed by atoms with Gasteiger partial charge in [-0.3, -0.25) is 9.59 Å². The van der Waals surface area contributed by atoms with Crippen molar-refractivity contribution in [2.75, 3.05) is 25.3 Å². The Bertz CT molecular complexity index is 1160. The van der Waals surface area contributed by atoms with Crippen LogP contribution in [0.2, 0.25) is 0 Å². The molecule has 9 heteroatoms. The lowest BCUT2D eigenvalue weighted by molar-refractivity contribution is -0.113. The molecule has 2 aromatic heterocycles. The molecule has 1 amide bonds. The number of benzene rings is 1. The molecule has 3 aromatic rings. The summed E-state index contributed by atoms with van der Waals surface area (Å²) < 4.78 is 10.5. The van der Waals surface area contributed by atoms with Gasteiger partial charge in [0, 0.05) is 16.6 Å². The maximum absolute atomic E-state index is 12.7. The van der Waals surface area contributed by atoms with Gasteiger partial charge in [-0.2, -0.15) is 0 Å². The van der Waals surface area contributed by atoms with Crippen molar-refractivity contribution < 1.29 is 14.3 Å². The lowest BCUT2D eigenvalue weighted by Gasteiger charge is -2.17. The van der Waals surface area contributed by atoms with Crippen LogP contribution in [0.3, 0.4) is 0 Å². The minimum absolute atomic E-state index is 0.116. The fraction of sp³-hybridized carbons (Fsp3) is 0.381. The molecule has 0 bridgehead atoms. The lowest BCUT2D eigenvalue weighted by atomic mass is 9.89. The first-order valence-corrected chi connectivity index (χ1v) is 11.5. The topological polar surface area (TPSA) is 93.3 Å². The number of hydrogen-bond acceptors (Lipinski definition) is 7. The molecule has 1 aliphatic rings. The predicted molar refractivity (Wildman–Crippen MR) is 120 cm³/mol. The number of hydrogen-bond donors (Lipinski definition) is 2. The van der Waals surface area contributed by atoms with Gasteiger partial charge in [-0.1, -0.05) is 18.7 Å². The summed E-state index contributed by atoms with van der Waals surface area (Å²) in [7, 11) is 3.10. The van der Waals surface area contributed by atoms with Crippen LogP contribution in [0.5, 0.6) is 11.5 Å². The fourth-order valence-corrected chi connectivity index (χ4v) is 5.74. The number of anilines is 1. The summed E-state index contributed by atoms with van der Waals surface area (Å²) in [4.78, 5) is 34.5. The Labute approximate surface area is 182 Å². The van der Waals surface area contributed by atoms with Gasteiger partial charge >= 0.3 is 0 Å². The van der Waals surface area contributed by atoms with E-state index in [4.69, 9.17) is 9.47 Å². The van der Waals surface area contributed by atoms with Crippen LogP contribution in [-0.4, -0.2) is 35.8 Å². The maximum atomic E-state index is 12.7. The second-order valence-electron chi connectivity index (χ2n) is 7.31. The summed E-state index contributed by atoms with van der Waals surface area (Å²) >= 11 is 2.82. The van der Waals surface area contributed by atoms with Gasteiger partial charge in [-0.25, -0.2) is 4.98 Å². The summed E-state index contributed by atoms with van der Waals surface area (Å²) in [5.41, 5.74) is 1.65. The zero-order chi connectivity index (χ0) is 21.3. The van der Waals surface area contributed by atoms with E-state index < -0.39 is 0 Å². The minimum Gasteiger partial charge on any atom is -0.493 e. The molecule has 0 aliphatic heterocycles. The third-order valence-corrected chi connectivity index (χ3v) is 7.17. The number of aromatic nitrogens is 2. The highest BCUT2D eigenvalue weighted by Crippen LogP contribution is 2.36. The SMILES string of the molecule is COc1ccc(NC(=O)CSc2nc3sc4c(c3c(=O)[nH]2)CC[C@@H](C)C4)cc1OC. The molecule has 2 heterocycles. The molecule has 2 N–H and O–H groups in total. The molecule has 0 saturated heterocycles. The highest BCUT2D eigenvalue weighted by atomic mass is 32.2. The molecule has 0 fully saturated rings. The van der Waals surface area contributed by atoms with Crippen molar-refractivity contribution in [3.8, 4) is 11.5 Å². The highest BCUT2D eigenvalue weighted by Gasteiger charge is 2.23. The second-order valence-corrected chi connectivity index (χ2v) is 9.36. The number of aryl methyl sites for hydroxylation is 1. The first kappa shape index (κ1) is 20.7. The van der Waals surface area contributed by atoms with Gasteiger partial charge in [0.05, 0.1) is 25.4 Å². The molecular formula is C21H23N3O4S2. The van der Waals surface area contributed by atoms with Crippen molar-refractivity contribution >= 4 is 44.9 Å². The van der Waals surface area contributed by atoms with Gasteiger partial charge < -0.3 is 19.8 Å². The number of thiophene rings is 1. The van der Waals surface area contributed by atoms with Crippen LogP contribution in [0.15, 0.2) is 28.2 Å². The monoisotopic (exact) mass is 445 g/mol. The van der Waals surface area contributed by atoms with Gasteiger partial charge in [0.15, 0.2) is 16.7 Å². The number of ether oxygens (including phenoxy) is 2. The molecule has 4 rings (SSSR count). The second kappa shape index (κ2) is 8.69. The first-order chi connectivity index (χ1) is 14.5. The fourth-order valence-electron chi connectivity index (χ4n) is 3.64. The molecule has 0 spiro atoms. The van der Waals surface area contributed by atoms with E-state index in [0.29, 0.717) is 28.3 Å². The van der Waals surface area contributed by atoms with E-state index in [2.05, 4.69) is 22.2 Å². The third kappa shape index (κ3) is 4.17. The Morgan fingerprint density at radius 3 is 2.90 bits per heavy atom. The van der Waals surface area contributed by atoms with Crippen molar-refractivity contribution in [3.05, 3.63) is 39.0 Å². The number of nitrogens with zero attached hydrogens (tertiary/aromatic N) is 1. The van der Waals surface area contributed by atoms with Crippen molar-refractivity contribution in [2.45, 2.75) is 31.3 Å². The zero-order valence-corrected chi connectivity index (χ0v) is 18.7.